The minimum Gasteiger partial charge on any atom is -0.452 e. The zero-order chi connectivity index (χ0) is 8.53. The van der Waals surface area contributed by atoms with Gasteiger partial charge in [-0.1, -0.05) is 34.0 Å². The molecule has 0 aromatic carbocycles. The molecule has 0 N–H and O–H groups in total. The molecule has 0 amide bonds. The SMILES string of the molecule is CC#CC(=O)OC/C=C/CBr. The molecule has 0 saturated heterocycles. The number of halogens is 1. The van der Waals surface area contributed by atoms with Gasteiger partial charge < -0.3 is 4.74 Å². The van der Waals surface area contributed by atoms with Crippen molar-refractivity contribution in [3.05, 3.63) is 12.2 Å². The molecule has 0 heterocycles. The Kier molecular flexibility index (Phi) is 6.86. The van der Waals surface area contributed by atoms with Gasteiger partial charge in [0.25, 0.3) is 0 Å². The van der Waals surface area contributed by atoms with Crippen molar-refractivity contribution in [1.29, 1.82) is 0 Å². The predicted molar refractivity (Wildman–Crippen MR) is 47.3 cm³/mol. The number of alkyl halides is 1. The van der Waals surface area contributed by atoms with Gasteiger partial charge in [0, 0.05) is 11.3 Å². The molecule has 0 fully saturated rings. The largest absolute Gasteiger partial charge is 0.452 e. The number of esters is 1. The molecule has 0 aliphatic rings. The van der Waals surface area contributed by atoms with Crippen molar-refractivity contribution in [3.8, 4) is 11.8 Å². The Hall–Kier alpha value is -0.750. The summed E-state index contributed by atoms with van der Waals surface area (Å²) in [7, 11) is 0. The van der Waals surface area contributed by atoms with Crippen LogP contribution in [0.1, 0.15) is 6.92 Å². The van der Waals surface area contributed by atoms with Crippen molar-refractivity contribution in [2.45, 2.75) is 6.92 Å². The molecule has 0 aliphatic heterocycles. The van der Waals surface area contributed by atoms with Gasteiger partial charge in [0.05, 0.1) is 0 Å². The van der Waals surface area contributed by atoms with E-state index in [1.54, 1.807) is 13.0 Å². The summed E-state index contributed by atoms with van der Waals surface area (Å²) >= 11 is 3.19. The highest BCUT2D eigenvalue weighted by atomic mass is 79.9. The molecular formula is C8H9BrO2. The van der Waals surface area contributed by atoms with E-state index in [2.05, 4.69) is 32.5 Å². The van der Waals surface area contributed by atoms with E-state index < -0.39 is 5.97 Å². The van der Waals surface area contributed by atoms with Gasteiger partial charge in [0.2, 0.25) is 0 Å². The molecule has 0 aromatic heterocycles. The molecule has 60 valence electrons. The molecule has 11 heavy (non-hydrogen) atoms. The molecular weight excluding hydrogens is 208 g/mol. The number of rotatable bonds is 3. The number of carbonyl (C=O) groups is 1. The Morgan fingerprint density at radius 3 is 2.91 bits per heavy atom. The summed E-state index contributed by atoms with van der Waals surface area (Å²) in [4.78, 5) is 10.6. The molecule has 0 bridgehead atoms. The Morgan fingerprint density at radius 2 is 2.36 bits per heavy atom. The summed E-state index contributed by atoms with van der Waals surface area (Å²) in [5, 5.41) is 0.768. The third-order valence-corrected chi connectivity index (χ3v) is 1.17. The van der Waals surface area contributed by atoms with Crippen molar-refractivity contribution in [2.24, 2.45) is 0 Å². The van der Waals surface area contributed by atoms with Gasteiger partial charge in [-0.3, -0.25) is 0 Å². The third kappa shape index (κ3) is 7.14. The number of carbonyl (C=O) groups excluding carboxylic acids is 1. The van der Waals surface area contributed by atoms with Crippen molar-refractivity contribution in [1.82, 2.24) is 0 Å². The van der Waals surface area contributed by atoms with Crippen molar-refractivity contribution >= 4 is 21.9 Å². The van der Waals surface area contributed by atoms with E-state index in [-0.39, 0.29) is 0 Å². The van der Waals surface area contributed by atoms with E-state index in [0.29, 0.717) is 6.61 Å². The lowest BCUT2D eigenvalue weighted by Gasteiger charge is -1.92. The van der Waals surface area contributed by atoms with Crippen LogP contribution in [0, 0.1) is 11.8 Å². The maximum atomic E-state index is 10.6. The molecule has 3 heteroatoms. The first-order chi connectivity index (χ1) is 5.31. The van der Waals surface area contributed by atoms with E-state index in [0.717, 1.165) is 5.33 Å². The normalized spacial score (nSPS) is 8.91. The number of hydrogen-bond acceptors (Lipinski definition) is 2. The summed E-state index contributed by atoms with van der Waals surface area (Å²) < 4.78 is 4.66. The van der Waals surface area contributed by atoms with Crippen molar-refractivity contribution < 1.29 is 9.53 Å². The fourth-order valence-electron chi connectivity index (χ4n) is 0.393. The third-order valence-electron chi connectivity index (χ3n) is 0.793. The highest BCUT2D eigenvalue weighted by Gasteiger charge is 1.90. The molecule has 0 aromatic rings. The van der Waals surface area contributed by atoms with E-state index in [1.165, 1.54) is 0 Å². The minimum absolute atomic E-state index is 0.291. The van der Waals surface area contributed by atoms with Gasteiger partial charge in [0.1, 0.15) is 6.61 Å². The first-order valence-electron chi connectivity index (χ1n) is 3.11. The lowest BCUT2D eigenvalue weighted by molar-refractivity contribution is -0.135. The van der Waals surface area contributed by atoms with Crippen LogP contribution in [0.2, 0.25) is 0 Å². The lowest BCUT2D eigenvalue weighted by Crippen LogP contribution is -2.00. The molecule has 0 rings (SSSR count). The molecule has 0 atom stereocenters. The van der Waals surface area contributed by atoms with Gasteiger partial charge in [-0.05, 0) is 6.92 Å². The van der Waals surface area contributed by atoms with Crippen LogP contribution >= 0.6 is 15.9 Å². The van der Waals surface area contributed by atoms with Crippen molar-refractivity contribution in [3.63, 3.8) is 0 Å². The average molecular weight is 217 g/mol. The first-order valence-corrected chi connectivity index (χ1v) is 4.24. The summed E-state index contributed by atoms with van der Waals surface area (Å²) in [6.45, 7) is 1.88. The van der Waals surface area contributed by atoms with E-state index in [4.69, 9.17) is 0 Å². The van der Waals surface area contributed by atoms with Crippen LogP contribution in [0.25, 0.3) is 0 Å². The van der Waals surface area contributed by atoms with Crippen LogP contribution in [0.15, 0.2) is 12.2 Å². The second kappa shape index (κ2) is 7.36. The van der Waals surface area contributed by atoms with Gasteiger partial charge in [-0.25, -0.2) is 4.79 Å². The quantitative estimate of drug-likeness (QED) is 0.235. The molecule has 2 nitrogen and oxygen atoms in total. The van der Waals surface area contributed by atoms with Crippen LogP contribution in [-0.4, -0.2) is 17.9 Å². The topological polar surface area (TPSA) is 26.3 Å². The monoisotopic (exact) mass is 216 g/mol. The Bertz CT molecular complexity index is 198. The highest BCUT2D eigenvalue weighted by Crippen LogP contribution is 1.83. The Balaban J connectivity index is 3.44. The van der Waals surface area contributed by atoms with E-state index in [1.807, 2.05) is 6.08 Å². The summed E-state index contributed by atoms with van der Waals surface area (Å²) in [5.41, 5.74) is 0. The predicted octanol–water partition coefficient (Wildman–Crippen LogP) is 1.50. The molecule has 0 saturated carbocycles. The zero-order valence-corrected chi connectivity index (χ0v) is 7.85. The Labute approximate surface area is 74.7 Å². The van der Waals surface area contributed by atoms with E-state index in [9.17, 15) is 4.79 Å². The highest BCUT2D eigenvalue weighted by molar-refractivity contribution is 9.09. The number of hydrogen-bond donors (Lipinski definition) is 0. The van der Waals surface area contributed by atoms with Crippen molar-refractivity contribution in [2.75, 3.05) is 11.9 Å². The Morgan fingerprint density at radius 1 is 1.64 bits per heavy atom. The van der Waals surface area contributed by atoms with Crippen LogP contribution < -0.4 is 0 Å². The first kappa shape index (κ1) is 10.2. The van der Waals surface area contributed by atoms with E-state index >= 15 is 0 Å². The summed E-state index contributed by atoms with van der Waals surface area (Å²) in [5.74, 6) is 4.24. The standard InChI is InChI=1S/C8H9BrO2/c1-2-5-8(10)11-7-4-3-6-9/h3-4H,6-7H2,1H3/b4-3+. The van der Waals surface area contributed by atoms with Gasteiger partial charge in [0.15, 0.2) is 0 Å². The van der Waals surface area contributed by atoms with Crippen LogP contribution in [0.5, 0.6) is 0 Å². The minimum atomic E-state index is -0.480. The van der Waals surface area contributed by atoms with Gasteiger partial charge >= 0.3 is 5.97 Å². The second-order valence-corrected chi connectivity index (χ2v) is 2.25. The van der Waals surface area contributed by atoms with Gasteiger partial charge in [-0.2, -0.15) is 0 Å². The fourth-order valence-corrected chi connectivity index (χ4v) is 0.657. The number of allylic oxidation sites excluding steroid dienone is 1. The second-order valence-electron chi connectivity index (χ2n) is 1.60. The maximum Gasteiger partial charge on any atom is 0.384 e. The smallest absolute Gasteiger partial charge is 0.384 e. The van der Waals surface area contributed by atoms with Crippen LogP contribution in [-0.2, 0) is 9.53 Å². The van der Waals surface area contributed by atoms with Gasteiger partial charge in [-0.15, -0.1) is 0 Å². The molecule has 0 aliphatic carbocycles. The van der Waals surface area contributed by atoms with Crippen LogP contribution in [0.3, 0.4) is 0 Å². The number of ether oxygens (including phenoxy) is 1. The lowest BCUT2D eigenvalue weighted by atomic mass is 10.5. The summed E-state index contributed by atoms with van der Waals surface area (Å²) in [6.07, 6.45) is 3.61. The average Bonchev–Trinajstić information content (AvgIpc) is 1.99. The fraction of sp³-hybridized carbons (Fsp3) is 0.375. The maximum absolute atomic E-state index is 10.6. The summed E-state index contributed by atoms with van der Waals surface area (Å²) in [6, 6.07) is 0. The molecule has 0 unspecified atom stereocenters. The molecule has 0 spiro atoms. The zero-order valence-electron chi connectivity index (χ0n) is 6.26. The van der Waals surface area contributed by atoms with Crippen LogP contribution in [0.4, 0.5) is 0 Å². The molecule has 0 radical (unpaired) electrons.